The van der Waals surface area contributed by atoms with Gasteiger partial charge >= 0.3 is 5.97 Å². The zero-order valence-corrected chi connectivity index (χ0v) is 11.0. The van der Waals surface area contributed by atoms with Gasteiger partial charge in [-0.15, -0.1) is 0 Å². The van der Waals surface area contributed by atoms with Crippen molar-refractivity contribution in [2.24, 2.45) is 11.8 Å². The highest BCUT2D eigenvalue weighted by atomic mass is 16.4. The maximum absolute atomic E-state index is 11.6. The van der Waals surface area contributed by atoms with Gasteiger partial charge in [0.05, 0.1) is 0 Å². The SMILES string of the molecule is O=C(O)C1Cc2ccccc2N1C1CC2CCC1C2. The van der Waals surface area contributed by atoms with Gasteiger partial charge in [-0.25, -0.2) is 4.79 Å². The molecule has 1 N–H and O–H groups in total. The number of fused-ring (bicyclic) bond motifs is 3. The van der Waals surface area contributed by atoms with E-state index in [1.807, 2.05) is 12.1 Å². The molecule has 0 aromatic heterocycles. The minimum absolute atomic E-state index is 0.346. The molecule has 3 nitrogen and oxygen atoms in total. The monoisotopic (exact) mass is 257 g/mol. The molecular weight excluding hydrogens is 238 g/mol. The molecule has 0 radical (unpaired) electrons. The van der Waals surface area contributed by atoms with Crippen LogP contribution in [-0.4, -0.2) is 23.2 Å². The van der Waals surface area contributed by atoms with Crippen molar-refractivity contribution in [3.63, 3.8) is 0 Å². The Labute approximate surface area is 113 Å². The van der Waals surface area contributed by atoms with Gasteiger partial charge in [0.2, 0.25) is 0 Å². The number of para-hydroxylation sites is 1. The molecule has 3 aliphatic rings. The van der Waals surface area contributed by atoms with Gasteiger partial charge in [0.1, 0.15) is 6.04 Å². The second-order valence-corrected chi connectivity index (χ2v) is 6.34. The molecule has 2 bridgehead atoms. The Kier molecular flexibility index (Phi) is 2.38. The lowest BCUT2D eigenvalue weighted by atomic mass is 9.93. The fourth-order valence-corrected chi connectivity index (χ4v) is 4.58. The van der Waals surface area contributed by atoms with E-state index in [4.69, 9.17) is 0 Å². The Morgan fingerprint density at radius 2 is 2.05 bits per heavy atom. The molecule has 1 aromatic carbocycles. The second-order valence-electron chi connectivity index (χ2n) is 6.34. The van der Waals surface area contributed by atoms with Crippen LogP contribution in [0.2, 0.25) is 0 Å². The third-order valence-corrected chi connectivity index (χ3v) is 5.36. The average molecular weight is 257 g/mol. The fourth-order valence-electron chi connectivity index (χ4n) is 4.58. The van der Waals surface area contributed by atoms with Crippen LogP contribution >= 0.6 is 0 Å². The van der Waals surface area contributed by atoms with Gasteiger partial charge in [-0.1, -0.05) is 24.6 Å². The summed E-state index contributed by atoms with van der Waals surface area (Å²) in [6, 6.07) is 8.35. The van der Waals surface area contributed by atoms with Crippen LogP contribution in [0.4, 0.5) is 5.69 Å². The van der Waals surface area contributed by atoms with Gasteiger partial charge in [0.15, 0.2) is 0 Å². The highest BCUT2D eigenvalue weighted by Gasteiger charge is 2.47. The molecule has 3 heteroatoms. The van der Waals surface area contributed by atoms with Crippen molar-refractivity contribution in [1.82, 2.24) is 0 Å². The molecule has 0 saturated heterocycles. The van der Waals surface area contributed by atoms with Crippen LogP contribution in [0.3, 0.4) is 0 Å². The van der Waals surface area contributed by atoms with Gasteiger partial charge in [0, 0.05) is 18.2 Å². The van der Waals surface area contributed by atoms with E-state index in [-0.39, 0.29) is 6.04 Å². The molecule has 2 saturated carbocycles. The smallest absolute Gasteiger partial charge is 0.326 e. The van der Waals surface area contributed by atoms with E-state index in [0.29, 0.717) is 12.5 Å². The highest BCUT2D eigenvalue weighted by Crippen LogP contribution is 2.50. The molecule has 4 rings (SSSR count). The minimum atomic E-state index is -0.668. The molecule has 100 valence electrons. The van der Waals surface area contributed by atoms with Crippen molar-refractivity contribution in [2.45, 2.75) is 44.2 Å². The number of benzene rings is 1. The first-order chi connectivity index (χ1) is 9.24. The van der Waals surface area contributed by atoms with Gasteiger partial charge in [0.25, 0.3) is 0 Å². The van der Waals surface area contributed by atoms with Crippen molar-refractivity contribution in [3.8, 4) is 0 Å². The number of carboxylic acid groups (broad SMARTS) is 1. The van der Waals surface area contributed by atoms with Gasteiger partial charge in [-0.3, -0.25) is 0 Å². The van der Waals surface area contributed by atoms with Crippen molar-refractivity contribution in [3.05, 3.63) is 29.8 Å². The van der Waals surface area contributed by atoms with E-state index >= 15 is 0 Å². The molecule has 4 atom stereocenters. The van der Waals surface area contributed by atoms with Crippen molar-refractivity contribution < 1.29 is 9.90 Å². The quantitative estimate of drug-likeness (QED) is 0.885. The highest BCUT2D eigenvalue weighted by molar-refractivity contribution is 5.82. The number of carboxylic acids is 1. The van der Waals surface area contributed by atoms with Gasteiger partial charge in [-0.05, 0) is 42.7 Å². The fraction of sp³-hybridized carbons (Fsp3) is 0.562. The van der Waals surface area contributed by atoms with Crippen molar-refractivity contribution in [1.29, 1.82) is 0 Å². The van der Waals surface area contributed by atoms with Crippen LogP contribution in [0.15, 0.2) is 24.3 Å². The van der Waals surface area contributed by atoms with E-state index in [1.54, 1.807) is 0 Å². The maximum atomic E-state index is 11.6. The summed E-state index contributed by atoms with van der Waals surface area (Å²) in [5, 5.41) is 9.54. The maximum Gasteiger partial charge on any atom is 0.326 e. The van der Waals surface area contributed by atoms with Crippen molar-refractivity contribution >= 4 is 11.7 Å². The Bertz CT molecular complexity index is 527. The number of carbonyl (C=O) groups is 1. The van der Waals surface area contributed by atoms with Crippen LogP contribution in [0.5, 0.6) is 0 Å². The summed E-state index contributed by atoms with van der Waals surface area (Å²) in [4.78, 5) is 13.8. The summed E-state index contributed by atoms with van der Waals surface area (Å²) in [6.45, 7) is 0. The minimum Gasteiger partial charge on any atom is -0.480 e. The molecule has 4 unspecified atom stereocenters. The predicted molar refractivity (Wildman–Crippen MR) is 73.3 cm³/mol. The van der Waals surface area contributed by atoms with Crippen LogP contribution in [0.1, 0.15) is 31.2 Å². The summed E-state index contributed by atoms with van der Waals surface area (Å²) < 4.78 is 0. The standard InChI is InChI=1S/C16H19NO2/c18-16(19)15-9-11-3-1-2-4-13(11)17(15)14-8-10-5-6-12(14)7-10/h1-4,10,12,14-15H,5-9H2,(H,18,19). The molecule has 19 heavy (non-hydrogen) atoms. The number of aliphatic carboxylic acids is 1. The number of hydrogen-bond donors (Lipinski definition) is 1. The summed E-state index contributed by atoms with van der Waals surface area (Å²) in [7, 11) is 0. The lowest BCUT2D eigenvalue weighted by molar-refractivity contribution is -0.138. The van der Waals surface area contributed by atoms with Crippen LogP contribution < -0.4 is 4.90 Å². The number of anilines is 1. The van der Waals surface area contributed by atoms with Gasteiger partial charge < -0.3 is 10.0 Å². The topological polar surface area (TPSA) is 40.5 Å². The summed E-state index contributed by atoms with van der Waals surface area (Å²) in [5.74, 6) is 0.897. The zero-order chi connectivity index (χ0) is 13.0. The Morgan fingerprint density at radius 1 is 1.21 bits per heavy atom. The Hall–Kier alpha value is -1.51. The van der Waals surface area contributed by atoms with E-state index in [2.05, 4.69) is 17.0 Å². The molecule has 1 aromatic rings. The zero-order valence-electron chi connectivity index (χ0n) is 11.0. The van der Waals surface area contributed by atoms with Crippen molar-refractivity contribution in [2.75, 3.05) is 4.90 Å². The van der Waals surface area contributed by atoms with E-state index in [9.17, 15) is 9.90 Å². The number of nitrogens with zero attached hydrogens (tertiary/aromatic N) is 1. The van der Waals surface area contributed by atoms with Crippen LogP contribution in [0, 0.1) is 11.8 Å². The molecule has 1 heterocycles. The lowest BCUT2D eigenvalue weighted by Crippen LogP contribution is -2.47. The molecule has 2 aliphatic carbocycles. The van der Waals surface area contributed by atoms with Crippen LogP contribution in [0.25, 0.3) is 0 Å². The molecular formula is C16H19NO2. The third kappa shape index (κ3) is 1.60. The lowest BCUT2D eigenvalue weighted by Gasteiger charge is -2.36. The average Bonchev–Trinajstić information content (AvgIpc) is 3.10. The largest absolute Gasteiger partial charge is 0.480 e. The molecule has 2 fully saturated rings. The molecule has 0 amide bonds. The molecule has 1 aliphatic heterocycles. The number of rotatable bonds is 2. The number of hydrogen-bond acceptors (Lipinski definition) is 2. The van der Waals surface area contributed by atoms with Gasteiger partial charge in [-0.2, -0.15) is 0 Å². The van der Waals surface area contributed by atoms with E-state index in [1.165, 1.54) is 36.9 Å². The molecule has 0 spiro atoms. The summed E-state index contributed by atoms with van der Waals surface area (Å²) in [5.41, 5.74) is 2.38. The van der Waals surface area contributed by atoms with Crippen LogP contribution in [-0.2, 0) is 11.2 Å². The first kappa shape index (κ1) is 11.3. The first-order valence-corrected chi connectivity index (χ1v) is 7.33. The predicted octanol–water partition coefficient (Wildman–Crippen LogP) is 2.69. The normalized spacial score (nSPS) is 35.7. The third-order valence-electron chi connectivity index (χ3n) is 5.36. The van der Waals surface area contributed by atoms with E-state index in [0.717, 1.165) is 11.8 Å². The second kappa shape index (κ2) is 3.99. The van der Waals surface area contributed by atoms with E-state index < -0.39 is 5.97 Å². The Morgan fingerprint density at radius 3 is 2.74 bits per heavy atom. The summed E-state index contributed by atoms with van der Waals surface area (Å²) in [6.07, 6.45) is 5.83. The summed E-state index contributed by atoms with van der Waals surface area (Å²) >= 11 is 0. The Balaban J connectivity index is 1.73. The first-order valence-electron chi connectivity index (χ1n) is 7.33.